The number of carboxylic acid groups (broad SMARTS) is 1. The first kappa shape index (κ1) is 13.4. The van der Waals surface area contributed by atoms with Gasteiger partial charge in [0.25, 0.3) is 5.56 Å². The van der Waals surface area contributed by atoms with Crippen LogP contribution in [-0.2, 0) is 0 Å². The SMILES string of the molecule is Cc1[nH]n2c(=O)c(C(=O)O)cnc2c1-c1ccccc1Cl. The van der Waals surface area contributed by atoms with Crippen molar-refractivity contribution >= 4 is 23.2 Å². The zero-order valence-corrected chi connectivity index (χ0v) is 11.7. The van der Waals surface area contributed by atoms with E-state index in [1.54, 1.807) is 19.1 Å². The van der Waals surface area contributed by atoms with Crippen LogP contribution in [0.2, 0.25) is 5.02 Å². The summed E-state index contributed by atoms with van der Waals surface area (Å²) in [6.45, 7) is 1.77. The smallest absolute Gasteiger partial charge is 0.343 e. The van der Waals surface area contributed by atoms with Gasteiger partial charge >= 0.3 is 5.97 Å². The van der Waals surface area contributed by atoms with Gasteiger partial charge in [0.05, 0.1) is 0 Å². The van der Waals surface area contributed by atoms with E-state index in [0.717, 1.165) is 16.3 Å². The van der Waals surface area contributed by atoms with Crippen LogP contribution in [0, 0.1) is 6.92 Å². The molecule has 0 radical (unpaired) electrons. The van der Waals surface area contributed by atoms with Crippen LogP contribution in [0.1, 0.15) is 16.1 Å². The van der Waals surface area contributed by atoms with Crippen molar-refractivity contribution < 1.29 is 9.90 Å². The van der Waals surface area contributed by atoms with Gasteiger partial charge in [0, 0.05) is 28.0 Å². The molecule has 2 N–H and O–H groups in total. The molecule has 0 atom stereocenters. The van der Waals surface area contributed by atoms with Crippen molar-refractivity contribution in [3.05, 3.63) is 57.1 Å². The normalized spacial score (nSPS) is 11.0. The third-order valence-corrected chi connectivity index (χ3v) is 3.54. The molecule has 6 nitrogen and oxygen atoms in total. The number of aromatic amines is 1. The van der Waals surface area contributed by atoms with E-state index in [9.17, 15) is 9.59 Å². The van der Waals surface area contributed by atoms with E-state index in [1.165, 1.54) is 0 Å². The van der Waals surface area contributed by atoms with Crippen LogP contribution in [0.5, 0.6) is 0 Å². The molecule has 0 aliphatic rings. The zero-order chi connectivity index (χ0) is 15.1. The van der Waals surface area contributed by atoms with Crippen LogP contribution in [0.3, 0.4) is 0 Å². The van der Waals surface area contributed by atoms with Crippen LogP contribution < -0.4 is 5.56 Å². The number of aromatic carboxylic acids is 1. The molecule has 0 spiro atoms. The molecule has 7 heteroatoms. The van der Waals surface area contributed by atoms with Gasteiger partial charge in [0.2, 0.25) is 0 Å². The number of nitrogens with one attached hydrogen (secondary N) is 1. The number of carbonyl (C=O) groups is 1. The van der Waals surface area contributed by atoms with Crippen molar-refractivity contribution in [2.45, 2.75) is 6.92 Å². The Morgan fingerprint density at radius 3 is 2.76 bits per heavy atom. The number of hydrogen-bond acceptors (Lipinski definition) is 3. The fraction of sp³-hybridized carbons (Fsp3) is 0.0714. The average Bonchev–Trinajstić information content (AvgIpc) is 2.77. The van der Waals surface area contributed by atoms with Gasteiger partial charge in [-0.15, -0.1) is 0 Å². The average molecular weight is 304 g/mol. The molecule has 0 saturated carbocycles. The molecule has 0 aliphatic carbocycles. The Balaban J connectivity index is 2.39. The predicted octanol–water partition coefficient (Wildman–Crippen LogP) is 2.35. The summed E-state index contributed by atoms with van der Waals surface area (Å²) in [5.74, 6) is -1.31. The predicted molar refractivity (Wildman–Crippen MR) is 78.0 cm³/mol. The molecule has 0 unspecified atom stereocenters. The Morgan fingerprint density at radius 1 is 1.38 bits per heavy atom. The van der Waals surface area contributed by atoms with Crippen LogP contribution in [-0.4, -0.2) is 25.7 Å². The number of aryl methyl sites for hydroxylation is 1. The van der Waals surface area contributed by atoms with E-state index >= 15 is 0 Å². The van der Waals surface area contributed by atoms with E-state index in [4.69, 9.17) is 16.7 Å². The number of carboxylic acids is 1. The highest BCUT2D eigenvalue weighted by Crippen LogP contribution is 2.32. The van der Waals surface area contributed by atoms with Crippen molar-refractivity contribution in [3.8, 4) is 11.1 Å². The molecule has 1 aromatic carbocycles. The van der Waals surface area contributed by atoms with Gasteiger partial charge in [-0.25, -0.2) is 14.3 Å². The second-order valence-electron chi connectivity index (χ2n) is 4.53. The minimum absolute atomic E-state index is 0.343. The number of halogens is 1. The molecular formula is C14H10ClN3O3. The number of aromatic nitrogens is 3. The largest absolute Gasteiger partial charge is 0.477 e. The van der Waals surface area contributed by atoms with Gasteiger partial charge in [0.15, 0.2) is 5.65 Å². The lowest BCUT2D eigenvalue weighted by Crippen LogP contribution is -2.23. The van der Waals surface area contributed by atoms with Crippen LogP contribution in [0.4, 0.5) is 0 Å². The number of fused-ring (bicyclic) bond motifs is 1. The van der Waals surface area contributed by atoms with Gasteiger partial charge in [-0.05, 0) is 13.0 Å². The first-order valence-electron chi connectivity index (χ1n) is 6.09. The van der Waals surface area contributed by atoms with E-state index < -0.39 is 11.5 Å². The Labute approximate surface area is 123 Å². The summed E-state index contributed by atoms with van der Waals surface area (Å²) in [6.07, 6.45) is 1.06. The van der Waals surface area contributed by atoms with Crippen molar-refractivity contribution in [1.82, 2.24) is 14.6 Å². The van der Waals surface area contributed by atoms with E-state index in [-0.39, 0.29) is 5.56 Å². The number of rotatable bonds is 2. The summed E-state index contributed by atoms with van der Waals surface area (Å²) in [5, 5.41) is 12.3. The van der Waals surface area contributed by atoms with Gasteiger partial charge < -0.3 is 5.11 Å². The van der Waals surface area contributed by atoms with E-state index in [1.807, 2.05) is 12.1 Å². The lowest BCUT2D eigenvalue weighted by Gasteiger charge is -2.03. The Morgan fingerprint density at radius 2 is 2.10 bits per heavy atom. The molecule has 106 valence electrons. The summed E-state index contributed by atoms with van der Waals surface area (Å²) in [6, 6.07) is 7.19. The summed E-state index contributed by atoms with van der Waals surface area (Å²) in [4.78, 5) is 27.2. The molecular weight excluding hydrogens is 294 g/mol. The molecule has 3 rings (SSSR count). The number of hydrogen-bond donors (Lipinski definition) is 2. The minimum atomic E-state index is -1.31. The van der Waals surface area contributed by atoms with Crippen LogP contribution in [0.25, 0.3) is 16.8 Å². The minimum Gasteiger partial charge on any atom is -0.477 e. The summed E-state index contributed by atoms with van der Waals surface area (Å²) >= 11 is 6.19. The van der Waals surface area contributed by atoms with Crippen molar-refractivity contribution in [2.75, 3.05) is 0 Å². The monoisotopic (exact) mass is 303 g/mol. The lowest BCUT2D eigenvalue weighted by atomic mass is 10.1. The molecule has 0 aliphatic heterocycles. The zero-order valence-electron chi connectivity index (χ0n) is 10.9. The summed E-state index contributed by atoms with van der Waals surface area (Å²) in [7, 11) is 0. The maximum Gasteiger partial charge on any atom is 0.343 e. The van der Waals surface area contributed by atoms with Crippen molar-refractivity contribution in [2.24, 2.45) is 0 Å². The highest BCUT2D eigenvalue weighted by atomic mass is 35.5. The van der Waals surface area contributed by atoms with E-state index in [2.05, 4.69) is 10.1 Å². The summed E-state index contributed by atoms with van der Waals surface area (Å²) in [5.41, 5.74) is 1.37. The first-order valence-corrected chi connectivity index (χ1v) is 6.47. The standard InChI is InChI=1S/C14H10ClN3O3/c1-7-11(8-4-2-3-5-10(8)15)12-16-6-9(14(20)21)13(19)18(12)17-7/h2-6,17H,1H3,(H,20,21). The highest BCUT2D eigenvalue weighted by molar-refractivity contribution is 6.33. The molecule has 2 aromatic heterocycles. The van der Waals surface area contributed by atoms with Crippen LogP contribution in [0.15, 0.2) is 35.3 Å². The molecule has 2 heterocycles. The Kier molecular flexibility index (Phi) is 3.03. The maximum atomic E-state index is 12.1. The fourth-order valence-electron chi connectivity index (χ4n) is 2.26. The van der Waals surface area contributed by atoms with Gasteiger partial charge in [0.1, 0.15) is 5.56 Å². The molecule has 0 amide bonds. The molecule has 0 fully saturated rings. The van der Waals surface area contributed by atoms with Gasteiger partial charge in [-0.1, -0.05) is 29.8 Å². The third-order valence-electron chi connectivity index (χ3n) is 3.21. The van der Waals surface area contributed by atoms with Crippen LogP contribution >= 0.6 is 11.6 Å². The Bertz CT molecular complexity index is 927. The topological polar surface area (TPSA) is 87.5 Å². The number of H-pyrrole nitrogens is 1. The second-order valence-corrected chi connectivity index (χ2v) is 4.94. The molecule has 21 heavy (non-hydrogen) atoms. The van der Waals surface area contributed by atoms with Crippen molar-refractivity contribution in [1.29, 1.82) is 0 Å². The molecule has 0 saturated heterocycles. The second kappa shape index (κ2) is 4.75. The first-order chi connectivity index (χ1) is 10.0. The molecule has 3 aromatic rings. The number of benzene rings is 1. The van der Waals surface area contributed by atoms with Gasteiger partial charge in [-0.3, -0.25) is 9.89 Å². The Hall–Kier alpha value is -2.60. The fourth-order valence-corrected chi connectivity index (χ4v) is 2.49. The molecule has 0 bridgehead atoms. The maximum absolute atomic E-state index is 12.1. The lowest BCUT2D eigenvalue weighted by molar-refractivity contribution is 0.0694. The van der Waals surface area contributed by atoms with Crippen molar-refractivity contribution in [3.63, 3.8) is 0 Å². The number of nitrogens with zero attached hydrogens (tertiary/aromatic N) is 2. The summed E-state index contributed by atoms with van der Waals surface area (Å²) < 4.78 is 1.12. The highest BCUT2D eigenvalue weighted by Gasteiger charge is 2.19. The van der Waals surface area contributed by atoms with E-state index in [0.29, 0.717) is 21.9 Å². The quantitative estimate of drug-likeness (QED) is 0.760. The third kappa shape index (κ3) is 2.00. The van der Waals surface area contributed by atoms with Gasteiger partial charge in [-0.2, -0.15) is 0 Å².